The summed E-state index contributed by atoms with van der Waals surface area (Å²) >= 11 is 0. The molecular formula is C22H24N8. The number of anilines is 1. The molecule has 1 aromatic carbocycles. The molecule has 0 bridgehead atoms. The predicted molar refractivity (Wildman–Crippen MR) is 114 cm³/mol. The minimum absolute atomic E-state index is 0.197. The normalized spacial score (nSPS) is 19.2. The van der Waals surface area contributed by atoms with E-state index in [-0.39, 0.29) is 6.04 Å². The molecule has 5 heterocycles. The van der Waals surface area contributed by atoms with Crippen LogP contribution in [0.3, 0.4) is 0 Å². The molecule has 152 valence electrons. The first-order valence-electron chi connectivity index (χ1n) is 10.8. The van der Waals surface area contributed by atoms with Gasteiger partial charge in [-0.05, 0) is 37.8 Å². The minimum Gasteiger partial charge on any atom is -0.346 e. The van der Waals surface area contributed by atoms with Gasteiger partial charge in [0.2, 0.25) is 0 Å². The fourth-order valence-electron chi connectivity index (χ4n) is 4.86. The zero-order chi connectivity index (χ0) is 19.9. The maximum atomic E-state index is 4.69. The molecule has 2 aliphatic heterocycles. The Hall–Kier alpha value is -3.29. The van der Waals surface area contributed by atoms with E-state index in [1.54, 1.807) is 6.33 Å². The molecule has 1 atom stereocenters. The van der Waals surface area contributed by atoms with E-state index in [1.807, 2.05) is 41.2 Å². The standard InChI is InChI=1S/C22H24N8/c1-3-8-16(9-4-1)30-21-17(14-25-30)20(23-15-24-21)28-13-7-10-18(28)22-27-26-19-11-5-2-6-12-29(19)22/h1,3-4,8-9,14-15,18H,2,5-7,10-13H2. The first-order valence-corrected chi connectivity index (χ1v) is 10.8. The topological polar surface area (TPSA) is 77.5 Å². The Balaban J connectivity index is 1.42. The fourth-order valence-corrected chi connectivity index (χ4v) is 4.86. The molecule has 4 aromatic rings. The predicted octanol–water partition coefficient (Wildman–Crippen LogP) is 3.47. The summed E-state index contributed by atoms with van der Waals surface area (Å²) in [5.74, 6) is 3.17. The molecule has 8 nitrogen and oxygen atoms in total. The molecule has 0 spiro atoms. The van der Waals surface area contributed by atoms with Gasteiger partial charge in [-0.2, -0.15) is 5.10 Å². The van der Waals surface area contributed by atoms with Crippen LogP contribution in [0.15, 0.2) is 42.9 Å². The van der Waals surface area contributed by atoms with Gasteiger partial charge in [-0.15, -0.1) is 10.2 Å². The summed E-state index contributed by atoms with van der Waals surface area (Å²) < 4.78 is 4.25. The quantitative estimate of drug-likeness (QED) is 0.524. The van der Waals surface area contributed by atoms with Crippen LogP contribution < -0.4 is 4.90 Å². The van der Waals surface area contributed by atoms with Gasteiger partial charge < -0.3 is 9.47 Å². The van der Waals surface area contributed by atoms with Crippen LogP contribution in [-0.4, -0.2) is 41.1 Å². The van der Waals surface area contributed by atoms with Gasteiger partial charge in [-0.25, -0.2) is 14.6 Å². The average Bonchev–Trinajstić information content (AvgIpc) is 3.49. The lowest BCUT2D eigenvalue weighted by Crippen LogP contribution is -2.26. The van der Waals surface area contributed by atoms with Crippen LogP contribution in [0.1, 0.15) is 49.8 Å². The van der Waals surface area contributed by atoms with Gasteiger partial charge >= 0.3 is 0 Å². The summed E-state index contributed by atoms with van der Waals surface area (Å²) in [6.45, 7) is 1.97. The number of benzene rings is 1. The minimum atomic E-state index is 0.197. The highest BCUT2D eigenvalue weighted by Crippen LogP contribution is 2.38. The van der Waals surface area contributed by atoms with Crippen molar-refractivity contribution in [2.45, 2.75) is 51.1 Å². The molecule has 0 amide bonds. The van der Waals surface area contributed by atoms with Gasteiger partial charge in [0, 0.05) is 19.5 Å². The van der Waals surface area contributed by atoms with Gasteiger partial charge in [0.1, 0.15) is 18.0 Å². The van der Waals surface area contributed by atoms with Gasteiger partial charge in [0.15, 0.2) is 11.5 Å². The zero-order valence-corrected chi connectivity index (χ0v) is 16.9. The molecule has 0 saturated carbocycles. The molecule has 1 saturated heterocycles. The molecule has 1 unspecified atom stereocenters. The van der Waals surface area contributed by atoms with E-state index in [9.17, 15) is 0 Å². The van der Waals surface area contributed by atoms with Gasteiger partial charge in [0.25, 0.3) is 0 Å². The summed E-state index contributed by atoms with van der Waals surface area (Å²) in [5.41, 5.74) is 1.83. The van der Waals surface area contributed by atoms with Crippen molar-refractivity contribution in [3.8, 4) is 5.69 Å². The molecular weight excluding hydrogens is 376 g/mol. The number of fused-ring (bicyclic) bond motifs is 2. The SMILES string of the molecule is c1ccc(-n2ncc3c(N4CCCC4c4nnc5n4CCCCC5)ncnc32)cc1. The first kappa shape index (κ1) is 17.6. The summed E-state index contributed by atoms with van der Waals surface area (Å²) in [6, 6.07) is 10.3. The Morgan fingerprint density at radius 1 is 0.900 bits per heavy atom. The largest absolute Gasteiger partial charge is 0.346 e. The highest BCUT2D eigenvalue weighted by Gasteiger charge is 2.33. The number of nitrogens with zero attached hydrogens (tertiary/aromatic N) is 8. The van der Waals surface area contributed by atoms with Crippen molar-refractivity contribution < 1.29 is 0 Å². The molecule has 30 heavy (non-hydrogen) atoms. The number of hydrogen-bond donors (Lipinski definition) is 0. The van der Waals surface area contributed by atoms with E-state index in [0.717, 1.165) is 66.5 Å². The Labute approximate surface area is 174 Å². The number of para-hydroxylation sites is 1. The highest BCUT2D eigenvalue weighted by molar-refractivity contribution is 5.88. The lowest BCUT2D eigenvalue weighted by atomic mass is 10.2. The number of rotatable bonds is 3. The van der Waals surface area contributed by atoms with E-state index in [0.29, 0.717) is 0 Å². The second kappa shape index (κ2) is 7.19. The van der Waals surface area contributed by atoms with Gasteiger partial charge in [-0.1, -0.05) is 24.6 Å². The van der Waals surface area contributed by atoms with Gasteiger partial charge in [-0.3, -0.25) is 0 Å². The number of aryl methyl sites for hydroxylation is 1. The van der Waals surface area contributed by atoms with Crippen molar-refractivity contribution in [1.82, 2.24) is 34.5 Å². The first-order chi connectivity index (χ1) is 14.9. The Kier molecular flexibility index (Phi) is 4.21. The average molecular weight is 400 g/mol. The number of aromatic nitrogens is 7. The lowest BCUT2D eigenvalue weighted by Gasteiger charge is -2.26. The van der Waals surface area contributed by atoms with Crippen molar-refractivity contribution >= 4 is 16.9 Å². The highest BCUT2D eigenvalue weighted by atomic mass is 15.4. The maximum Gasteiger partial charge on any atom is 0.168 e. The van der Waals surface area contributed by atoms with Crippen LogP contribution >= 0.6 is 0 Å². The van der Waals surface area contributed by atoms with Crippen LogP contribution in [0.5, 0.6) is 0 Å². The van der Waals surface area contributed by atoms with E-state index < -0.39 is 0 Å². The van der Waals surface area contributed by atoms with E-state index >= 15 is 0 Å². The van der Waals surface area contributed by atoms with Crippen molar-refractivity contribution in [3.05, 3.63) is 54.5 Å². The molecule has 6 rings (SSSR count). The summed E-state index contributed by atoms with van der Waals surface area (Å²) in [7, 11) is 0. The van der Waals surface area contributed by atoms with E-state index in [1.165, 1.54) is 19.3 Å². The smallest absolute Gasteiger partial charge is 0.168 e. The Morgan fingerprint density at radius 3 is 2.77 bits per heavy atom. The Morgan fingerprint density at radius 2 is 1.83 bits per heavy atom. The van der Waals surface area contributed by atoms with Crippen molar-refractivity contribution in [2.24, 2.45) is 0 Å². The zero-order valence-electron chi connectivity index (χ0n) is 16.9. The van der Waals surface area contributed by atoms with E-state index in [2.05, 4.69) is 29.7 Å². The molecule has 0 N–H and O–H groups in total. The van der Waals surface area contributed by atoms with Crippen LogP contribution in [0.4, 0.5) is 5.82 Å². The fraction of sp³-hybridized carbons (Fsp3) is 0.409. The third kappa shape index (κ3) is 2.78. The van der Waals surface area contributed by atoms with Crippen molar-refractivity contribution in [3.63, 3.8) is 0 Å². The van der Waals surface area contributed by atoms with Crippen LogP contribution in [0.25, 0.3) is 16.7 Å². The third-order valence-corrected chi connectivity index (χ3v) is 6.31. The third-order valence-electron chi connectivity index (χ3n) is 6.31. The molecule has 0 aliphatic carbocycles. The summed E-state index contributed by atoms with van der Waals surface area (Å²) in [5, 5.41) is 14.8. The maximum absolute atomic E-state index is 4.69. The van der Waals surface area contributed by atoms with Crippen molar-refractivity contribution in [1.29, 1.82) is 0 Å². The lowest BCUT2D eigenvalue weighted by molar-refractivity contribution is 0.558. The number of hydrogen-bond acceptors (Lipinski definition) is 6. The second-order valence-corrected chi connectivity index (χ2v) is 8.11. The summed E-state index contributed by atoms with van der Waals surface area (Å²) in [6.07, 6.45) is 10.4. The van der Waals surface area contributed by atoms with E-state index in [4.69, 9.17) is 4.98 Å². The monoisotopic (exact) mass is 400 g/mol. The second-order valence-electron chi connectivity index (χ2n) is 8.11. The summed E-state index contributed by atoms with van der Waals surface area (Å²) in [4.78, 5) is 11.6. The van der Waals surface area contributed by atoms with Crippen molar-refractivity contribution in [2.75, 3.05) is 11.4 Å². The van der Waals surface area contributed by atoms with Crippen LogP contribution in [-0.2, 0) is 13.0 Å². The molecule has 0 radical (unpaired) electrons. The molecule has 2 aliphatic rings. The molecule has 8 heteroatoms. The van der Waals surface area contributed by atoms with Gasteiger partial charge in [0.05, 0.1) is 23.3 Å². The molecule has 1 fully saturated rings. The Bertz CT molecular complexity index is 1180. The van der Waals surface area contributed by atoms with Crippen LogP contribution in [0.2, 0.25) is 0 Å². The van der Waals surface area contributed by atoms with Crippen LogP contribution in [0, 0.1) is 0 Å². The molecule has 3 aromatic heterocycles.